The number of piperidine rings is 1. The second-order valence-corrected chi connectivity index (χ2v) is 9.56. The van der Waals surface area contributed by atoms with E-state index in [1.54, 1.807) is 22.2 Å². The molecular weight excluding hydrogens is 481 g/mol. The average molecular weight is 505 g/mol. The van der Waals surface area contributed by atoms with Crippen molar-refractivity contribution in [2.45, 2.75) is 30.5 Å². The summed E-state index contributed by atoms with van der Waals surface area (Å²) in [4.78, 5) is 21.0. The number of amides is 2. The zero-order valence-electron chi connectivity index (χ0n) is 18.7. The van der Waals surface area contributed by atoms with Crippen LogP contribution in [0.2, 0.25) is 5.02 Å². The number of para-hydroxylation sites is 1. The van der Waals surface area contributed by atoms with Gasteiger partial charge < -0.3 is 19.5 Å². The second-order valence-electron chi connectivity index (χ2n) is 9.15. The highest BCUT2D eigenvalue weighted by Gasteiger charge is 2.38. The van der Waals surface area contributed by atoms with E-state index in [2.05, 4.69) is 4.98 Å². The molecule has 2 atom stereocenters. The number of carbonyl (C=O) groups excluding carboxylic acids is 1. The summed E-state index contributed by atoms with van der Waals surface area (Å²) in [5.41, 5.74) is 1.61. The highest BCUT2D eigenvalue weighted by molar-refractivity contribution is 6.32. The number of imidazole rings is 1. The Hall–Kier alpha value is -3.04. The fraction of sp³-hybridized carbons (Fsp3) is 0.360. The van der Waals surface area contributed by atoms with E-state index < -0.39 is 17.8 Å². The molecule has 1 aromatic heterocycles. The van der Waals surface area contributed by atoms with Gasteiger partial charge in [-0.3, -0.25) is 0 Å². The van der Waals surface area contributed by atoms with E-state index in [1.165, 1.54) is 12.1 Å². The van der Waals surface area contributed by atoms with E-state index in [4.69, 9.17) is 11.6 Å². The van der Waals surface area contributed by atoms with Crippen molar-refractivity contribution in [1.82, 2.24) is 19.4 Å². The normalized spacial score (nSPS) is 21.2. The Morgan fingerprint density at radius 1 is 0.971 bits per heavy atom. The first kappa shape index (κ1) is 23.7. The van der Waals surface area contributed by atoms with Crippen LogP contribution in [-0.4, -0.2) is 62.8 Å². The van der Waals surface area contributed by atoms with Crippen LogP contribution in [0, 0.1) is 0 Å². The summed E-state index contributed by atoms with van der Waals surface area (Å²) in [6.45, 7) is 1.39. The van der Waals surface area contributed by atoms with E-state index in [-0.39, 0.29) is 31.0 Å². The monoisotopic (exact) mass is 504 g/mol. The molecule has 3 heterocycles. The predicted octanol–water partition coefficient (Wildman–Crippen LogP) is 4.91. The number of nitrogens with zero attached hydrogens (tertiary/aromatic N) is 4. The van der Waals surface area contributed by atoms with Crippen molar-refractivity contribution in [2.75, 3.05) is 26.2 Å². The molecule has 0 spiro atoms. The van der Waals surface area contributed by atoms with Crippen molar-refractivity contribution >= 4 is 17.6 Å². The zero-order chi connectivity index (χ0) is 24.7. The van der Waals surface area contributed by atoms with E-state index in [9.17, 15) is 23.1 Å². The van der Waals surface area contributed by atoms with E-state index in [0.29, 0.717) is 24.5 Å². The topological polar surface area (TPSA) is 61.6 Å². The summed E-state index contributed by atoms with van der Waals surface area (Å²) >= 11 is 6.33. The van der Waals surface area contributed by atoms with Crippen molar-refractivity contribution in [1.29, 1.82) is 0 Å². The minimum atomic E-state index is -4.40. The maximum atomic E-state index is 13.1. The van der Waals surface area contributed by atoms with Crippen LogP contribution < -0.4 is 0 Å². The molecule has 0 bridgehead atoms. The van der Waals surface area contributed by atoms with Crippen LogP contribution in [0.25, 0.3) is 5.69 Å². The van der Waals surface area contributed by atoms with Crippen LogP contribution in [0.4, 0.5) is 18.0 Å². The summed E-state index contributed by atoms with van der Waals surface area (Å²) in [6.07, 6.45) is -0.721. The zero-order valence-corrected chi connectivity index (χ0v) is 19.5. The fourth-order valence-corrected chi connectivity index (χ4v) is 5.04. The number of rotatable bonds is 3. The van der Waals surface area contributed by atoms with E-state index in [0.717, 1.165) is 29.1 Å². The molecule has 35 heavy (non-hydrogen) atoms. The van der Waals surface area contributed by atoms with E-state index in [1.807, 2.05) is 29.0 Å². The maximum absolute atomic E-state index is 13.1. The number of β-amino-alcohol motifs (C(OH)–C–C–N with tert-alkyl or cyclic N) is 1. The molecule has 2 amide bonds. The number of hydrogen-bond acceptors (Lipinski definition) is 3. The second kappa shape index (κ2) is 9.20. The first-order chi connectivity index (χ1) is 16.7. The lowest BCUT2D eigenvalue weighted by Crippen LogP contribution is -2.59. The lowest BCUT2D eigenvalue weighted by Gasteiger charge is -2.43. The maximum Gasteiger partial charge on any atom is 0.416 e. The summed E-state index contributed by atoms with van der Waals surface area (Å²) in [5.74, 6) is -0.272. The number of aliphatic hydroxyl groups excluding tert-OH is 1. The Morgan fingerprint density at radius 2 is 1.63 bits per heavy atom. The number of aromatic nitrogens is 2. The number of hydrogen-bond donors (Lipinski definition) is 1. The lowest BCUT2D eigenvalue weighted by atomic mass is 9.83. The number of halogens is 4. The smallest absolute Gasteiger partial charge is 0.389 e. The minimum Gasteiger partial charge on any atom is -0.389 e. The third-order valence-electron chi connectivity index (χ3n) is 6.71. The van der Waals surface area contributed by atoms with Gasteiger partial charge in [-0.05, 0) is 36.2 Å². The molecular formula is C25H24ClF3N4O2. The van der Waals surface area contributed by atoms with Crippen LogP contribution in [0.15, 0.2) is 61.1 Å². The van der Waals surface area contributed by atoms with Gasteiger partial charge in [0.2, 0.25) is 0 Å². The third-order valence-corrected chi connectivity index (χ3v) is 7.03. The van der Waals surface area contributed by atoms with Gasteiger partial charge in [0.25, 0.3) is 0 Å². The fourth-order valence-electron chi connectivity index (χ4n) is 4.81. The van der Waals surface area contributed by atoms with Gasteiger partial charge in [0.15, 0.2) is 0 Å². The molecule has 184 valence electrons. The molecule has 5 rings (SSSR count). The Labute approximate surface area is 205 Å². The molecule has 2 unspecified atom stereocenters. The molecule has 1 N–H and O–H groups in total. The molecule has 2 aliphatic heterocycles. The van der Waals surface area contributed by atoms with Crippen molar-refractivity contribution in [2.24, 2.45) is 0 Å². The number of benzene rings is 2. The highest BCUT2D eigenvalue weighted by atomic mass is 35.5. The van der Waals surface area contributed by atoms with Gasteiger partial charge >= 0.3 is 12.2 Å². The summed E-state index contributed by atoms with van der Waals surface area (Å²) < 4.78 is 41.0. The summed E-state index contributed by atoms with van der Waals surface area (Å²) in [7, 11) is 0. The van der Waals surface area contributed by atoms with Crippen LogP contribution in [0.3, 0.4) is 0 Å². The molecule has 10 heteroatoms. The first-order valence-corrected chi connectivity index (χ1v) is 11.7. The van der Waals surface area contributed by atoms with E-state index >= 15 is 0 Å². The quantitative estimate of drug-likeness (QED) is 0.551. The molecule has 0 radical (unpaired) electrons. The van der Waals surface area contributed by atoms with Crippen LogP contribution in [-0.2, 0) is 6.18 Å². The van der Waals surface area contributed by atoms with Crippen LogP contribution in [0.1, 0.15) is 35.1 Å². The van der Waals surface area contributed by atoms with Gasteiger partial charge in [-0.2, -0.15) is 13.2 Å². The highest BCUT2D eigenvalue weighted by Crippen LogP contribution is 2.38. The van der Waals surface area contributed by atoms with Crippen molar-refractivity contribution < 1.29 is 23.1 Å². The molecule has 0 saturated carbocycles. The Kier molecular flexibility index (Phi) is 6.23. The predicted molar refractivity (Wildman–Crippen MR) is 125 cm³/mol. The van der Waals surface area contributed by atoms with Crippen LogP contribution >= 0.6 is 11.6 Å². The molecule has 0 aliphatic carbocycles. The molecule has 2 saturated heterocycles. The number of likely N-dealkylation sites (tertiary alicyclic amines) is 2. The molecule has 6 nitrogen and oxygen atoms in total. The van der Waals surface area contributed by atoms with Crippen molar-refractivity contribution in [3.8, 4) is 5.69 Å². The first-order valence-electron chi connectivity index (χ1n) is 11.4. The van der Waals surface area contributed by atoms with Gasteiger partial charge in [-0.25, -0.2) is 9.78 Å². The van der Waals surface area contributed by atoms with Crippen LogP contribution in [0.5, 0.6) is 0 Å². The standard InChI is InChI=1S/C25H24ClF3N4O2/c26-21-3-1-2-4-23(21)33-14-22(30-15-33)18-9-17(16-5-7-19(8-6-16)25(27,28)29)10-31(11-18)24(35)32-12-20(34)13-32/h1-8,14-15,17-18,20,34H,9-13H2. The minimum absolute atomic E-state index is 0.116. The third kappa shape index (κ3) is 4.88. The van der Waals surface area contributed by atoms with Gasteiger partial charge in [0.05, 0.1) is 47.5 Å². The number of aliphatic hydroxyl groups is 1. The Morgan fingerprint density at radius 3 is 2.29 bits per heavy atom. The number of carbonyl (C=O) groups is 1. The van der Waals surface area contributed by atoms with Gasteiger partial charge in [-0.1, -0.05) is 35.9 Å². The average Bonchev–Trinajstić information content (AvgIpc) is 3.31. The largest absolute Gasteiger partial charge is 0.416 e. The molecule has 3 aromatic rings. The van der Waals surface area contributed by atoms with Gasteiger partial charge in [0.1, 0.15) is 0 Å². The number of urea groups is 1. The SMILES string of the molecule is O=C(N1CC(O)C1)N1CC(c2ccc(C(F)(F)F)cc2)CC(c2cn(-c3ccccc3Cl)cn2)C1. The van der Waals surface area contributed by atoms with Crippen molar-refractivity contribution in [3.63, 3.8) is 0 Å². The summed E-state index contributed by atoms with van der Waals surface area (Å²) in [5, 5.41) is 10.2. The van der Waals surface area contributed by atoms with Crippen molar-refractivity contribution in [3.05, 3.63) is 82.9 Å². The molecule has 2 aliphatic rings. The summed E-state index contributed by atoms with van der Waals surface area (Å²) in [6, 6.07) is 12.4. The molecule has 2 aromatic carbocycles. The molecule has 2 fully saturated rings. The van der Waals surface area contributed by atoms with Gasteiger partial charge in [-0.15, -0.1) is 0 Å². The Balaban J connectivity index is 1.42. The Bertz CT molecular complexity index is 1210. The lowest BCUT2D eigenvalue weighted by molar-refractivity contribution is -0.137. The number of alkyl halides is 3. The van der Waals surface area contributed by atoms with Gasteiger partial charge in [0, 0.05) is 31.1 Å².